The Balaban J connectivity index is 1.47. The van der Waals surface area contributed by atoms with Crippen LogP contribution in [-0.4, -0.2) is 31.9 Å². The van der Waals surface area contributed by atoms with E-state index in [1.807, 2.05) is 25.2 Å². The molecule has 1 amide bonds. The van der Waals surface area contributed by atoms with Gasteiger partial charge in [0.05, 0.1) is 15.6 Å². The Hall–Kier alpha value is -1.77. The van der Waals surface area contributed by atoms with Gasteiger partial charge in [0, 0.05) is 29.4 Å². The van der Waals surface area contributed by atoms with E-state index in [1.54, 1.807) is 12.1 Å². The van der Waals surface area contributed by atoms with Gasteiger partial charge < -0.3 is 5.32 Å². The number of rotatable bonds is 9. The molecule has 0 saturated heterocycles. The second-order valence-electron chi connectivity index (χ2n) is 7.50. The first-order valence-electron chi connectivity index (χ1n) is 10.3. The summed E-state index contributed by atoms with van der Waals surface area (Å²) < 4.78 is 27.2. The lowest BCUT2D eigenvalue weighted by Crippen LogP contribution is -2.32. The van der Waals surface area contributed by atoms with Crippen LogP contribution in [0.15, 0.2) is 29.2 Å². The first kappa shape index (κ1) is 21.9. The highest BCUT2D eigenvalue weighted by molar-refractivity contribution is 7.89. The Morgan fingerprint density at radius 3 is 2.62 bits per heavy atom. The molecule has 1 aliphatic carbocycles. The van der Waals surface area contributed by atoms with Gasteiger partial charge in [0.25, 0.3) is 5.91 Å². The maximum Gasteiger partial charge on any atom is 0.251 e. The van der Waals surface area contributed by atoms with E-state index in [9.17, 15) is 13.2 Å². The van der Waals surface area contributed by atoms with Crippen LogP contribution in [0.25, 0.3) is 0 Å². The van der Waals surface area contributed by atoms with Crippen molar-refractivity contribution in [2.45, 2.75) is 69.7 Å². The second-order valence-corrected chi connectivity index (χ2v) is 10.4. The van der Waals surface area contributed by atoms with Gasteiger partial charge >= 0.3 is 0 Å². The number of thiazole rings is 1. The molecule has 1 unspecified atom stereocenters. The van der Waals surface area contributed by atoms with Crippen molar-refractivity contribution in [3.63, 3.8) is 0 Å². The number of hydrogen-bond donors (Lipinski definition) is 2. The molecule has 0 aliphatic heterocycles. The summed E-state index contributed by atoms with van der Waals surface area (Å²) in [5.41, 5.74) is 1.73. The number of nitrogens with one attached hydrogen (secondary N) is 2. The van der Waals surface area contributed by atoms with Gasteiger partial charge in [-0.2, -0.15) is 0 Å². The molecular formula is C21H29N3O3S2. The molecule has 2 aromatic rings. The maximum absolute atomic E-state index is 12.3. The number of amides is 1. The SMILES string of the molecule is CCC(C)NS(=O)(=O)c1ccc(C(=O)NCCCc2nc3c(s2)CCCC3)cc1. The van der Waals surface area contributed by atoms with Crippen LogP contribution in [0.4, 0.5) is 0 Å². The molecule has 1 aromatic heterocycles. The van der Waals surface area contributed by atoms with Gasteiger partial charge in [-0.1, -0.05) is 6.92 Å². The average Bonchev–Trinajstić information content (AvgIpc) is 3.13. The normalized spacial score (nSPS) is 15.0. The highest BCUT2D eigenvalue weighted by Gasteiger charge is 2.17. The predicted octanol–water partition coefficient (Wildman–Crippen LogP) is 3.46. The number of carbonyl (C=O) groups excluding carboxylic acids is 1. The minimum absolute atomic E-state index is 0.133. The Kier molecular flexibility index (Phi) is 7.43. The number of fused-ring (bicyclic) bond motifs is 1. The molecule has 1 atom stereocenters. The number of aryl methyl sites for hydroxylation is 3. The highest BCUT2D eigenvalue weighted by Crippen LogP contribution is 2.27. The van der Waals surface area contributed by atoms with Gasteiger partial charge in [-0.05, 0) is 69.7 Å². The molecular weight excluding hydrogens is 406 g/mol. The molecule has 29 heavy (non-hydrogen) atoms. The molecule has 0 saturated carbocycles. The number of sulfonamides is 1. The van der Waals surface area contributed by atoms with Crippen LogP contribution >= 0.6 is 11.3 Å². The molecule has 1 aliphatic rings. The lowest BCUT2D eigenvalue weighted by atomic mass is 10.0. The first-order chi connectivity index (χ1) is 13.9. The fourth-order valence-electron chi connectivity index (χ4n) is 3.26. The van der Waals surface area contributed by atoms with Crippen LogP contribution < -0.4 is 10.0 Å². The molecule has 0 fully saturated rings. The lowest BCUT2D eigenvalue weighted by Gasteiger charge is -2.12. The van der Waals surface area contributed by atoms with Crippen molar-refractivity contribution < 1.29 is 13.2 Å². The van der Waals surface area contributed by atoms with Crippen molar-refractivity contribution in [2.75, 3.05) is 6.54 Å². The molecule has 2 N–H and O–H groups in total. The van der Waals surface area contributed by atoms with Gasteiger partial charge in [-0.3, -0.25) is 4.79 Å². The van der Waals surface area contributed by atoms with Gasteiger partial charge in [0.15, 0.2) is 0 Å². The summed E-state index contributed by atoms with van der Waals surface area (Å²) in [4.78, 5) is 18.6. The third kappa shape index (κ3) is 5.87. The van der Waals surface area contributed by atoms with Crippen LogP contribution in [0.1, 0.15) is 65.5 Å². The largest absolute Gasteiger partial charge is 0.352 e. The number of nitrogens with zero attached hydrogens (tertiary/aromatic N) is 1. The molecule has 6 nitrogen and oxygen atoms in total. The molecule has 3 rings (SSSR count). The summed E-state index contributed by atoms with van der Waals surface area (Å²) in [6.45, 7) is 4.31. The van der Waals surface area contributed by atoms with Gasteiger partial charge in [0.1, 0.15) is 0 Å². The molecule has 1 heterocycles. The first-order valence-corrected chi connectivity index (χ1v) is 12.6. The van der Waals surface area contributed by atoms with Crippen LogP contribution in [0.3, 0.4) is 0 Å². The zero-order valence-corrected chi connectivity index (χ0v) is 18.7. The standard InChI is InChI=1S/C21H29N3O3S2/c1-3-15(2)24-29(26,27)17-12-10-16(11-13-17)21(25)22-14-6-9-20-23-18-7-4-5-8-19(18)28-20/h10-13,15,24H,3-9,14H2,1-2H3,(H,22,25). The molecule has 1 aromatic carbocycles. The van der Waals surface area contributed by atoms with E-state index >= 15 is 0 Å². The number of hydrogen-bond acceptors (Lipinski definition) is 5. The number of aromatic nitrogens is 1. The second kappa shape index (κ2) is 9.82. The third-order valence-electron chi connectivity index (χ3n) is 5.14. The van der Waals surface area contributed by atoms with Crippen molar-refractivity contribution in [3.05, 3.63) is 45.4 Å². The Morgan fingerprint density at radius 2 is 1.93 bits per heavy atom. The summed E-state index contributed by atoms with van der Waals surface area (Å²) in [6, 6.07) is 5.91. The molecule has 8 heteroatoms. The summed E-state index contributed by atoms with van der Waals surface area (Å²) in [7, 11) is -3.55. The average molecular weight is 436 g/mol. The molecule has 158 valence electrons. The van der Waals surface area contributed by atoms with Crippen molar-refractivity contribution >= 4 is 27.3 Å². The topological polar surface area (TPSA) is 88.2 Å². The lowest BCUT2D eigenvalue weighted by molar-refractivity contribution is 0.0953. The van der Waals surface area contributed by atoms with Crippen LogP contribution in [0.5, 0.6) is 0 Å². The third-order valence-corrected chi connectivity index (χ3v) is 7.96. The fraction of sp³-hybridized carbons (Fsp3) is 0.524. The van der Waals surface area contributed by atoms with Crippen LogP contribution in [0, 0.1) is 0 Å². The smallest absolute Gasteiger partial charge is 0.251 e. The minimum Gasteiger partial charge on any atom is -0.352 e. The Morgan fingerprint density at radius 1 is 1.21 bits per heavy atom. The predicted molar refractivity (Wildman–Crippen MR) is 116 cm³/mol. The maximum atomic E-state index is 12.3. The van der Waals surface area contributed by atoms with Crippen molar-refractivity contribution in [1.29, 1.82) is 0 Å². The van der Waals surface area contributed by atoms with Crippen LogP contribution in [-0.2, 0) is 29.3 Å². The summed E-state index contributed by atoms with van der Waals surface area (Å²) in [6.07, 6.45) is 7.17. The zero-order valence-electron chi connectivity index (χ0n) is 17.0. The monoisotopic (exact) mass is 435 g/mol. The van der Waals surface area contributed by atoms with E-state index < -0.39 is 10.0 Å². The van der Waals surface area contributed by atoms with E-state index in [0.29, 0.717) is 18.5 Å². The van der Waals surface area contributed by atoms with Crippen LogP contribution in [0.2, 0.25) is 0 Å². The zero-order chi connectivity index (χ0) is 20.9. The summed E-state index contributed by atoms with van der Waals surface area (Å²) in [5.74, 6) is -0.192. The van der Waals surface area contributed by atoms with Gasteiger partial charge in [-0.15, -0.1) is 11.3 Å². The van der Waals surface area contributed by atoms with Gasteiger partial charge in [-0.25, -0.2) is 18.1 Å². The quantitative estimate of drug-likeness (QED) is 0.591. The van der Waals surface area contributed by atoms with Crippen molar-refractivity contribution in [1.82, 2.24) is 15.0 Å². The molecule has 0 bridgehead atoms. The highest BCUT2D eigenvalue weighted by atomic mass is 32.2. The van der Waals surface area contributed by atoms with Gasteiger partial charge in [0.2, 0.25) is 10.0 Å². The van der Waals surface area contributed by atoms with Crippen molar-refractivity contribution in [2.24, 2.45) is 0 Å². The van der Waals surface area contributed by atoms with Crippen molar-refractivity contribution in [3.8, 4) is 0 Å². The van der Waals surface area contributed by atoms with E-state index in [-0.39, 0.29) is 16.8 Å². The molecule has 0 radical (unpaired) electrons. The van der Waals surface area contributed by atoms with E-state index in [4.69, 9.17) is 4.98 Å². The Labute approximate surface area is 177 Å². The minimum atomic E-state index is -3.55. The number of benzene rings is 1. The number of carbonyl (C=O) groups is 1. The van der Waals surface area contributed by atoms with E-state index in [2.05, 4.69) is 10.0 Å². The summed E-state index contributed by atoms with van der Waals surface area (Å²) in [5, 5.41) is 4.06. The molecule has 0 spiro atoms. The summed E-state index contributed by atoms with van der Waals surface area (Å²) >= 11 is 1.81. The fourth-order valence-corrected chi connectivity index (χ4v) is 5.78. The van der Waals surface area contributed by atoms with E-state index in [1.165, 1.54) is 35.5 Å². The van der Waals surface area contributed by atoms with E-state index in [0.717, 1.165) is 30.7 Å². The Bertz CT molecular complexity index is 913.